The van der Waals surface area contributed by atoms with Crippen molar-refractivity contribution in [2.24, 2.45) is 0 Å². The van der Waals surface area contributed by atoms with E-state index in [0.29, 0.717) is 5.69 Å². The minimum absolute atomic E-state index is 0.0746. The molecule has 1 amide bonds. The van der Waals surface area contributed by atoms with E-state index < -0.39 is 12.1 Å². The third-order valence-corrected chi connectivity index (χ3v) is 4.23. The fourth-order valence-electron chi connectivity index (χ4n) is 2.82. The predicted octanol–water partition coefficient (Wildman–Crippen LogP) is 3.45. The fraction of sp³-hybridized carbons (Fsp3) is 0.368. The maximum Gasteiger partial charge on any atom is 0.374 e. The molecule has 1 aromatic heterocycles. The highest BCUT2D eigenvalue weighted by Crippen LogP contribution is 2.22. The van der Waals surface area contributed by atoms with Crippen LogP contribution in [0.15, 0.2) is 47.1 Å². The highest BCUT2D eigenvalue weighted by atomic mass is 16.6. The quantitative estimate of drug-likeness (QED) is 0.843. The lowest BCUT2D eigenvalue weighted by molar-refractivity contribution is -0.123. The summed E-state index contributed by atoms with van der Waals surface area (Å²) in [6.07, 6.45) is 4.19. The van der Waals surface area contributed by atoms with Gasteiger partial charge in [0.05, 0.1) is 6.26 Å². The maximum atomic E-state index is 12.2. The van der Waals surface area contributed by atoms with Gasteiger partial charge in [0.2, 0.25) is 5.76 Å². The van der Waals surface area contributed by atoms with E-state index in [0.717, 1.165) is 18.8 Å². The number of carbonyl (C=O) groups excluding carboxylic acids is 2. The van der Waals surface area contributed by atoms with Gasteiger partial charge in [-0.2, -0.15) is 0 Å². The van der Waals surface area contributed by atoms with Crippen LogP contribution in [-0.2, 0) is 9.53 Å². The molecule has 1 N–H and O–H groups in total. The molecule has 0 bridgehead atoms. The molecule has 0 radical (unpaired) electrons. The number of ether oxygens (including phenoxy) is 1. The summed E-state index contributed by atoms with van der Waals surface area (Å²) in [5.74, 6) is -0.968. The monoisotopic (exact) mass is 342 g/mol. The summed E-state index contributed by atoms with van der Waals surface area (Å²) in [5.41, 5.74) is 1.83. The zero-order chi connectivity index (χ0) is 17.6. The number of carbonyl (C=O) groups is 2. The zero-order valence-electron chi connectivity index (χ0n) is 14.2. The first-order valence-corrected chi connectivity index (χ1v) is 8.54. The molecular weight excluding hydrogens is 320 g/mol. The Balaban J connectivity index is 1.54. The first kappa shape index (κ1) is 17.1. The van der Waals surface area contributed by atoms with Crippen LogP contribution >= 0.6 is 0 Å². The summed E-state index contributed by atoms with van der Waals surface area (Å²) in [6, 6.07) is 10.8. The van der Waals surface area contributed by atoms with Gasteiger partial charge in [-0.15, -0.1) is 0 Å². The average molecular weight is 342 g/mol. The van der Waals surface area contributed by atoms with Gasteiger partial charge in [-0.05, 0) is 62.6 Å². The second-order valence-electron chi connectivity index (χ2n) is 6.11. The van der Waals surface area contributed by atoms with Crippen molar-refractivity contribution in [3.05, 3.63) is 48.4 Å². The molecule has 6 heteroatoms. The highest BCUT2D eigenvalue weighted by molar-refractivity contribution is 5.96. The van der Waals surface area contributed by atoms with Gasteiger partial charge in [-0.3, -0.25) is 4.79 Å². The largest absolute Gasteiger partial charge is 0.457 e. The summed E-state index contributed by atoms with van der Waals surface area (Å²) in [7, 11) is 0. The van der Waals surface area contributed by atoms with E-state index >= 15 is 0 Å². The predicted molar refractivity (Wildman–Crippen MR) is 94.7 cm³/mol. The summed E-state index contributed by atoms with van der Waals surface area (Å²) in [5, 5.41) is 2.76. The van der Waals surface area contributed by atoms with E-state index in [-0.39, 0.29) is 11.7 Å². The first-order valence-electron chi connectivity index (χ1n) is 8.54. The Kier molecular flexibility index (Phi) is 5.38. The van der Waals surface area contributed by atoms with E-state index in [1.54, 1.807) is 6.07 Å². The Bertz CT molecular complexity index is 704. The molecule has 0 spiro atoms. The first-order chi connectivity index (χ1) is 12.1. The Hall–Kier alpha value is -2.76. The number of nitrogens with zero attached hydrogens (tertiary/aromatic N) is 1. The molecule has 1 aliphatic rings. The Labute approximate surface area is 146 Å². The lowest BCUT2D eigenvalue weighted by atomic mass is 10.1. The molecule has 0 aliphatic carbocycles. The smallest absolute Gasteiger partial charge is 0.374 e. The Morgan fingerprint density at radius 1 is 1.12 bits per heavy atom. The molecule has 0 unspecified atom stereocenters. The highest BCUT2D eigenvalue weighted by Gasteiger charge is 2.20. The van der Waals surface area contributed by atoms with Crippen molar-refractivity contribution < 1.29 is 18.7 Å². The molecule has 2 aromatic rings. The average Bonchev–Trinajstić information content (AvgIpc) is 3.18. The van der Waals surface area contributed by atoms with Crippen LogP contribution in [-0.4, -0.2) is 31.1 Å². The molecule has 6 nitrogen and oxygen atoms in total. The number of benzene rings is 1. The van der Waals surface area contributed by atoms with Crippen molar-refractivity contribution in [1.29, 1.82) is 0 Å². The third kappa shape index (κ3) is 4.41. The molecule has 1 fully saturated rings. The van der Waals surface area contributed by atoms with Gasteiger partial charge in [0, 0.05) is 24.5 Å². The number of amides is 1. The van der Waals surface area contributed by atoms with Gasteiger partial charge in [0.1, 0.15) is 0 Å². The molecule has 25 heavy (non-hydrogen) atoms. The van der Waals surface area contributed by atoms with Crippen LogP contribution < -0.4 is 10.2 Å². The lowest BCUT2D eigenvalue weighted by Gasteiger charge is -2.28. The molecule has 1 saturated heterocycles. The van der Waals surface area contributed by atoms with Gasteiger partial charge in [-0.1, -0.05) is 0 Å². The van der Waals surface area contributed by atoms with Crippen LogP contribution in [0.2, 0.25) is 0 Å². The second kappa shape index (κ2) is 7.88. The van der Waals surface area contributed by atoms with Gasteiger partial charge in [-0.25, -0.2) is 4.79 Å². The van der Waals surface area contributed by atoms with Crippen LogP contribution in [0.5, 0.6) is 0 Å². The fourth-order valence-corrected chi connectivity index (χ4v) is 2.82. The van der Waals surface area contributed by atoms with E-state index in [1.807, 2.05) is 24.3 Å². The molecule has 3 rings (SSSR count). The van der Waals surface area contributed by atoms with E-state index in [4.69, 9.17) is 9.15 Å². The van der Waals surface area contributed by atoms with Crippen molar-refractivity contribution in [2.45, 2.75) is 32.3 Å². The van der Waals surface area contributed by atoms with E-state index in [2.05, 4.69) is 10.2 Å². The lowest BCUT2D eigenvalue weighted by Crippen LogP contribution is -2.30. The number of esters is 1. The minimum Gasteiger partial charge on any atom is -0.457 e. The number of furan rings is 1. The standard InChI is InChI=1S/C19H22N2O4/c1-14(25-19(23)17-6-5-13-24-17)18(22)20-15-7-9-16(10-8-15)21-11-3-2-4-12-21/h5-10,13-14H,2-4,11-12H2,1H3,(H,20,22)/t14-/m0/s1. The van der Waals surface area contributed by atoms with E-state index in [9.17, 15) is 9.59 Å². The number of piperidine rings is 1. The van der Waals surface area contributed by atoms with Gasteiger partial charge in [0.15, 0.2) is 6.10 Å². The minimum atomic E-state index is -0.917. The molecule has 1 atom stereocenters. The molecule has 2 heterocycles. The Morgan fingerprint density at radius 3 is 2.48 bits per heavy atom. The van der Waals surface area contributed by atoms with Gasteiger partial charge >= 0.3 is 5.97 Å². The SMILES string of the molecule is C[C@H](OC(=O)c1ccco1)C(=O)Nc1ccc(N2CCCCC2)cc1. The summed E-state index contributed by atoms with van der Waals surface area (Å²) in [6.45, 7) is 3.68. The number of nitrogens with one attached hydrogen (secondary N) is 1. The number of rotatable bonds is 5. The van der Waals surface area contributed by atoms with Gasteiger partial charge < -0.3 is 19.4 Å². The van der Waals surface area contributed by atoms with Gasteiger partial charge in [0.25, 0.3) is 5.91 Å². The van der Waals surface area contributed by atoms with Crippen molar-refractivity contribution >= 4 is 23.3 Å². The Morgan fingerprint density at radius 2 is 1.84 bits per heavy atom. The molecule has 1 aliphatic heterocycles. The van der Waals surface area contributed by atoms with Crippen LogP contribution in [0.25, 0.3) is 0 Å². The molecular formula is C19H22N2O4. The summed E-state index contributed by atoms with van der Waals surface area (Å²) < 4.78 is 10.0. The molecule has 0 saturated carbocycles. The van der Waals surface area contributed by atoms with Crippen LogP contribution in [0.3, 0.4) is 0 Å². The van der Waals surface area contributed by atoms with Crippen LogP contribution in [0.4, 0.5) is 11.4 Å². The van der Waals surface area contributed by atoms with Crippen LogP contribution in [0, 0.1) is 0 Å². The zero-order valence-corrected chi connectivity index (χ0v) is 14.2. The van der Waals surface area contributed by atoms with Crippen molar-refractivity contribution in [1.82, 2.24) is 0 Å². The second-order valence-corrected chi connectivity index (χ2v) is 6.11. The number of anilines is 2. The summed E-state index contributed by atoms with van der Waals surface area (Å²) >= 11 is 0. The molecule has 1 aromatic carbocycles. The topological polar surface area (TPSA) is 71.8 Å². The van der Waals surface area contributed by atoms with Crippen molar-refractivity contribution in [2.75, 3.05) is 23.3 Å². The van der Waals surface area contributed by atoms with E-state index in [1.165, 1.54) is 38.5 Å². The third-order valence-electron chi connectivity index (χ3n) is 4.23. The number of hydrogen-bond acceptors (Lipinski definition) is 5. The summed E-state index contributed by atoms with van der Waals surface area (Å²) in [4.78, 5) is 26.3. The van der Waals surface area contributed by atoms with Crippen LogP contribution in [0.1, 0.15) is 36.7 Å². The normalized spacial score (nSPS) is 15.5. The molecule has 132 valence electrons. The van der Waals surface area contributed by atoms with Crippen molar-refractivity contribution in [3.63, 3.8) is 0 Å². The number of hydrogen-bond donors (Lipinski definition) is 1. The maximum absolute atomic E-state index is 12.2. The van der Waals surface area contributed by atoms with Crippen molar-refractivity contribution in [3.8, 4) is 0 Å².